The van der Waals surface area contributed by atoms with Crippen molar-refractivity contribution in [2.75, 3.05) is 6.54 Å². The van der Waals surface area contributed by atoms with E-state index in [0.29, 0.717) is 5.92 Å². The Bertz CT molecular complexity index is 553. The second-order valence-electron chi connectivity index (χ2n) is 5.72. The van der Waals surface area contributed by atoms with Gasteiger partial charge in [0.15, 0.2) is 0 Å². The summed E-state index contributed by atoms with van der Waals surface area (Å²) in [5, 5.41) is 0. The molecule has 4 nitrogen and oxygen atoms in total. The molecule has 1 fully saturated rings. The third-order valence-electron chi connectivity index (χ3n) is 4.40. The lowest BCUT2D eigenvalue weighted by atomic mass is 9.91. The van der Waals surface area contributed by atoms with Crippen LogP contribution in [0.15, 0.2) is 42.9 Å². The Morgan fingerprint density at radius 2 is 2.10 bits per heavy atom. The van der Waals surface area contributed by atoms with Crippen LogP contribution in [0.5, 0.6) is 0 Å². The van der Waals surface area contributed by atoms with Gasteiger partial charge in [-0.15, -0.1) is 0 Å². The lowest BCUT2D eigenvalue weighted by molar-refractivity contribution is -0.112. The smallest absolute Gasteiger partial charge is 0.137 e. The molecule has 2 atom stereocenters. The first kappa shape index (κ1) is 14.0. The number of imidazole rings is 1. The summed E-state index contributed by atoms with van der Waals surface area (Å²) in [4.78, 5) is 20.9. The van der Waals surface area contributed by atoms with Crippen molar-refractivity contribution in [1.82, 2.24) is 14.9 Å². The van der Waals surface area contributed by atoms with Crippen LogP contribution < -0.4 is 0 Å². The molecule has 0 spiro atoms. The SMILES string of the molecule is O=CC1CCC(c2ccccc2)CCN1Cc1cnc[nH]1. The highest BCUT2D eigenvalue weighted by atomic mass is 16.1. The summed E-state index contributed by atoms with van der Waals surface area (Å²) >= 11 is 0. The van der Waals surface area contributed by atoms with E-state index in [-0.39, 0.29) is 6.04 Å². The number of hydrogen-bond donors (Lipinski definition) is 1. The average Bonchev–Trinajstić information content (AvgIpc) is 2.95. The van der Waals surface area contributed by atoms with E-state index in [4.69, 9.17) is 0 Å². The fraction of sp³-hybridized carbons (Fsp3) is 0.412. The lowest BCUT2D eigenvalue weighted by Gasteiger charge is -2.24. The quantitative estimate of drug-likeness (QED) is 0.878. The van der Waals surface area contributed by atoms with Crippen molar-refractivity contribution in [1.29, 1.82) is 0 Å². The monoisotopic (exact) mass is 283 g/mol. The minimum absolute atomic E-state index is 0.0158. The molecule has 1 saturated heterocycles. The first-order valence-corrected chi connectivity index (χ1v) is 7.58. The van der Waals surface area contributed by atoms with Crippen LogP contribution >= 0.6 is 0 Å². The maximum absolute atomic E-state index is 11.4. The first-order chi connectivity index (χ1) is 10.4. The highest BCUT2D eigenvalue weighted by Crippen LogP contribution is 2.30. The fourth-order valence-electron chi connectivity index (χ4n) is 3.19. The van der Waals surface area contributed by atoms with Crippen molar-refractivity contribution in [3.63, 3.8) is 0 Å². The van der Waals surface area contributed by atoms with Gasteiger partial charge in [0.1, 0.15) is 6.29 Å². The maximum Gasteiger partial charge on any atom is 0.137 e. The summed E-state index contributed by atoms with van der Waals surface area (Å²) in [5.41, 5.74) is 2.46. The third kappa shape index (κ3) is 3.39. The summed E-state index contributed by atoms with van der Waals surface area (Å²) in [6.45, 7) is 1.72. The number of aromatic amines is 1. The van der Waals surface area contributed by atoms with Gasteiger partial charge in [-0.2, -0.15) is 0 Å². The van der Waals surface area contributed by atoms with Gasteiger partial charge in [-0.25, -0.2) is 4.98 Å². The zero-order valence-corrected chi connectivity index (χ0v) is 12.1. The summed E-state index contributed by atoms with van der Waals surface area (Å²) < 4.78 is 0. The number of benzene rings is 1. The molecule has 4 heteroatoms. The predicted molar refractivity (Wildman–Crippen MR) is 81.9 cm³/mol. The molecule has 1 aliphatic heterocycles. The minimum Gasteiger partial charge on any atom is -0.347 e. The fourth-order valence-corrected chi connectivity index (χ4v) is 3.19. The predicted octanol–water partition coefficient (Wildman–Crippen LogP) is 2.75. The molecule has 0 aliphatic carbocycles. The Morgan fingerprint density at radius 3 is 2.81 bits per heavy atom. The van der Waals surface area contributed by atoms with Crippen LogP contribution in [-0.4, -0.2) is 33.7 Å². The number of H-pyrrole nitrogens is 1. The molecule has 1 aliphatic rings. The maximum atomic E-state index is 11.4. The number of nitrogens with one attached hydrogen (secondary N) is 1. The van der Waals surface area contributed by atoms with Crippen molar-refractivity contribution < 1.29 is 4.79 Å². The Hall–Kier alpha value is -1.94. The van der Waals surface area contributed by atoms with E-state index in [1.54, 1.807) is 6.33 Å². The van der Waals surface area contributed by atoms with Crippen LogP contribution in [0.2, 0.25) is 0 Å². The molecule has 2 unspecified atom stereocenters. The van der Waals surface area contributed by atoms with Gasteiger partial charge in [0.25, 0.3) is 0 Å². The van der Waals surface area contributed by atoms with E-state index in [1.165, 1.54) is 5.56 Å². The van der Waals surface area contributed by atoms with Gasteiger partial charge >= 0.3 is 0 Å². The van der Waals surface area contributed by atoms with E-state index in [9.17, 15) is 4.79 Å². The molecule has 0 saturated carbocycles. The largest absolute Gasteiger partial charge is 0.347 e. The van der Waals surface area contributed by atoms with E-state index in [1.807, 2.05) is 6.20 Å². The van der Waals surface area contributed by atoms with Gasteiger partial charge in [0.2, 0.25) is 0 Å². The third-order valence-corrected chi connectivity index (χ3v) is 4.40. The number of rotatable bonds is 4. The number of hydrogen-bond acceptors (Lipinski definition) is 3. The van der Waals surface area contributed by atoms with Crippen molar-refractivity contribution in [2.24, 2.45) is 0 Å². The zero-order chi connectivity index (χ0) is 14.5. The second kappa shape index (κ2) is 6.68. The van der Waals surface area contributed by atoms with Gasteiger partial charge in [0, 0.05) is 18.4 Å². The Kier molecular flexibility index (Phi) is 4.46. The molecule has 110 valence electrons. The number of aromatic nitrogens is 2. The zero-order valence-electron chi connectivity index (χ0n) is 12.1. The normalized spacial score (nSPS) is 23.6. The molecule has 1 aromatic heterocycles. The first-order valence-electron chi connectivity index (χ1n) is 7.58. The van der Waals surface area contributed by atoms with Crippen molar-refractivity contribution >= 4 is 6.29 Å². The molecule has 3 rings (SSSR count). The van der Waals surface area contributed by atoms with Crippen LogP contribution in [0, 0.1) is 0 Å². The van der Waals surface area contributed by atoms with Gasteiger partial charge in [0.05, 0.1) is 12.4 Å². The van der Waals surface area contributed by atoms with Gasteiger partial charge in [-0.1, -0.05) is 30.3 Å². The molecular formula is C17H21N3O. The van der Waals surface area contributed by atoms with E-state index in [0.717, 1.165) is 44.3 Å². The minimum atomic E-state index is 0.0158. The van der Waals surface area contributed by atoms with Crippen molar-refractivity contribution in [3.8, 4) is 0 Å². The molecule has 2 heterocycles. The molecule has 2 aromatic rings. The number of nitrogens with zero attached hydrogens (tertiary/aromatic N) is 2. The highest BCUT2D eigenvalue weighted by Gasteiger charge is 2.25. The van der Waals surface area contributed by atoms with Crippen LogP contribution in [0.3, 0.4) is 0 Å². The van der Waals surface area contributed by atoms with E-state index >= 15 is 0 Å². The highest BCUT2D eigenvalue weighted by molar-refractivity contribution is 5.57. The molecule has 0 amide bonds. The number of carbonyl (C=O) groups excluding carboxylic acids is 1. The van der Waals surface area contributed by atoms with Crippen LogP contribution in [0.1, 0.15) is 36.4 Å². The Balaban J connectivity index is 1.70. The van der Waals surface area contributed by atoms with Crippen LogP contribution in [0.4, 0.5) is 0 Å². The van der Waals surface area contributed by atoms with Crippen molar-refractivity contribution in [2.45, 2.75) is 37.8 Å². The summed E-state index contributed by atoms with van der Waals surface area (Å²) in [6, 6.07) is 10.7. The number of likely N-dealkylation sites (tertiary alicyclic amines) is 1. The number of carbonyl (C=O) groups is 1. The summed E-state index contributed by atoms with van der Waals surface area (Å²) in [5.74, 6) is 0.556. The Morgan fingerprint density at radius 1 is 1.24 bits per heavy atom. The van der Waals surface area contributed by atoms with Crippen molar-refractivity contribution in [3.05, 3.63) is 54.1 Å². The van der Waals surface area contributed by atoms with Gasteiger partial charge < -0.3 is 9.78 Å². The van der Waals surface area contributed by atoms with Crippen LogP contribution in [-0.2, 0) is 11.3 Å². The molecule has 21 heavy (non-hydrogen) atoms. The molecule has 1 N–H and O–H groups in total. The molecule has 0 bridgehead atoms. The number of aldehydes is 1. The van der Waals surface area contributed by atoms with E-state index < -0.39 is 0 Å². The standard InChI is InChI=1S/C17H21N3O/c21-12-17-7-6-15(14-4-2-1-3-5-14)8-9-20(17)11-16-10-18-13-19-16/h1-5,10,12-13,15,17H,6-9,11H2,(H,18,19). The van der Waals surface area contributed by atoms with Gasteiger partial charge in [-0.3, -0.25) is 4.90 Å². The summed E-state index contributed by atoms with van der Waals surface area (Å²) in [6.07, 6.45) is 7.73. The molecule has 0 radical (unpaired) electrons. The van der Waals surface area contributed by atoms with Crippen LogP contribution in [0.25, 0.3) is 0 Å². The average molecular weight is 283 g/mol. The molecule has 1 aromatic carbocycles. The molecular weight excluding hydrogens is 262 g/mol. The summed E-state index contributed by atoms with van der Waals surface area (Å²) in [7, 11) is 0. The Labute approximate surface area is 125 Å². The second-order valence-corrected chi connectivity index (χ2v) is 5.72. The van der Waals surface area contributed by atoms with E-state index in [2.05, 4.69) is 45.2 Å². The topological polar surface area (TPSA) is 49.0 Å². The van der Waals surface area contributed by atoms with Gasteiger partial charge in [-0.05, 0) is 37.3 Å². The lowest BCUT2D eigenvalue weighted by Crippen LogP contribution is -2.35.